The van der Waals surface area contributed by atoms with Crippen LogP contribution in [0.2, 0.25) is 0 Å². The summed E-state index contributed by atoms with van der Waals surface area (Å²) in [4.78, 5) is 24.2. The Morgan fingerprint density at radius 3 is 2.47 bits per heavy atom. The number of rotatable bonds is 9. The molecule has 2 N–H and O–H groups in total. The smallest absolute Gasteiger partial charge is 0.273 e. The second kappa shape index (κ2) is 10.2. The van der Waals surface area contributed by atoms with E-state index in [1.807, 2.05) is 18.2 Å². The van der Waals surface area contributed by atoms with Crippen molar-refractivity contribution in [3.8, 4) is 5.75 Å². The Morgan fingerprint density at radius 2 is 1.77 bits per heavy atom. The molecule has 0 aliphatic rings. The van der Waals surface area contributed by atoms with Crippen molar-refractivity contribution >= 4 is 17.5 Å². The summed E-state index contributed by atoms with van der Waals surface area (Å²) < 4.78 is 10.8. The molecule has 0 unspecified atom stereocenters. The van der Waals surface area contributed by atoms with Crippen LogP contribution in [0, 0.1) is 5.92 Å². The van der Waals surface area contributed by atoms with Crippen LogP contribution in [-0.2, 0) is 6.61 Å². The zero-order chi connectivity index (χ0) is 21.3. The number of hydrogen-bond donors (Lipinski definition) is 2. The molecule has 2 aromatic carbocycles. The van der Waals surface area contributed by atoms with Crippen molar-refractivity contribution in [2.75, 3.05) is 11.9 Å². The first kappa shape index (κ1) is 21.1. The molecular formula is C23H25N3O4. The van der Waals surface area contributed by atoms with Crippen LogP contribution < -0.4 is 15.4 Å². The van der Waals surface area contributed by atoms with Crippen LogP contribution in [0.25, 0.3) is 0 Å². The number of ether oxygens (including phenoxy) is 1. The average molecular weight is 407 g/mol. The van der Waals surface area contributed by atoms with Crippen LogP contribution in [0.1, 0.15) is 46.9 Å². The molecule has 1 aromatic heterocycles. The third kappa shape index (κ3) is 6.20. The number of anilines is 1. The highest BCUT2D eigenvalue weighted by molar-refractivity contribution is 6.04. The first-order valence-corrected chi connectivity index (χ1v) is 9.84. The van der Waals surface area contributed by atoms with Gasteiger partial charge in [0.2, 0.25) is 0 Å². The Bertz CT molecular complexity index is 966. The highest BCUT2D eigenvalue weighted by atomic mass is 16.5. The Kier molecular flexibility index (Phi) is 7.21. The molecule has 2 amide bonds. The second-order valence-electron chi connectivity index (χ2n) is 7.25. The zero-order valence-electron chi connectivity index (χ0n) is 17.1. The van der Waals surface area contributed by atoms with Gasteiger partial charge in [-0.1, -0.05) is 37.2 Å². The van der Waals surface area contributed by atoms with Crippen molar-refractivity contribution in [2.24, 2.45) is 5.92 Å². The van der Waals surface area contributed by atoms with Crippen LogP contribution in [-0.4, -0.2) is 23.5 Å². The summed E-state index contributed by atoms with van der Waals surface area (Å²) in [6.45, 7) is 4.94. The molecule has 3 rings (SSSR count). The van der Waals surface area contributed by atoms with E-state index in [1.165, 1.54) is 0 Å². The minimum Gasteiger partial charge on any atom is -0.486 e. The molecule has 0 atom stereocenters. The molecule has 0 saturated carbocycles. The monoisotopic (exact) mass is 407 g/mol. The molecule has 156 valence electrons. The average Bonchev–Trinajstić information content (AvgIpc) is 3.23. The Hall–Kier alpha value is -3.61. The van der Waals surface area contributed by atoms with Crippen molar-refractivity contribution < 1.29 is 18.8 Å². The maximum atomic E-state index is 12.2. The van der Waals surface area contributed by atoms with Gasteiger partial charge in [0.15, 0.2) is 11.5 Å². The molecule has 3 aromatic rings. The summed E-state index contributed by atoms with van der Waals surface area (Å²) in [7, 11) is 0. The van der Waals surface area contributed by atoms with Gasteiger partial charge in [0.25, 0.3) is 11.8 Å². The van der Waals surface area contributed by atoms with E-state index >= 15 is 0 Å². The van der Waals surface area contributed by atoms with E-state index in [0.717, 1.165) is 6.42 Å². The van der Waals surface area contributed by atoms with Crippen molar-refractivity contribution in [2.45, 2.75) is 26.9 Å². The Balaban J connectivity index is 1.48. The quantitative estimate of drug-likeness (QED) is 0.552. The normalized spacial score (nSPS) is 10.6. The van der Waals surface area contributed by atoms with Crippen molar-refractivity contribution in [1.82, 2.24) is 10.5 Å². The number of amides is 2. The molecule has 0 radical (unpaired) electrons. The molecule has 7 heteroatoms. The minimum absolute atomic E-state index is 0.141. The van der Waals surface area contributed by atoms with Gasteiger partial charge in [0, 0.05) is 23.9 Å². The number of nitrogens with one attached hydrogen (secondary N) is 2. The zero-order valence-corrected chi connectivity index (χ0v) is 17.1. The van der Waals surface area contributed by atoms with E-state index in [2.05, 4.69) is 29.6 Å². The molecule has 7 nitrogen and oxygen atoms in total. The predicted molar refractivity (Wildman–Crippen MR) is 113 cm³/mol. The first-order chi connectivity index (χ1) is 14.5. The molecule has 30 heavy (non-hydrogen) atoms. The maximum absolute atomic E-state index is 12.2. The summed E-state index contributed by atoms with van der Waals surface area (Å²) in [6, 6.07) is 17.6. The molecule has 0 aliphatic heterocycles. The third-order valence-corrected chi connectivity index (χ3v) is 4.33. The third-order valence-electron chi connectivity index (χ3n) is 4.33. The van der Waals surface area contributed by atoms with Crippen molar-refractivity contribution in [3.05, 3.63) is 77.7 Å². The molecule has 0 spiro atoms. The number of aromatic nitrogens is 1. The highest BCUT2D eigenvalue weighted by Gasteiger charge is 2.13. The van der Waals surface area contributed by atoms with E-state index in [9.17, 15) is 9.59 Å². The largest absolute Gasteiger partial charge is 0.486 e. The van der Waals surface area contributed by atoms with Gasteiger partial charge in [0.1, 0.15) is 12.4 Å². The Morgan fingerprint density at radius 1 is 1.03 bits per heavy atom. The highest BCUT2D eigenvalue weighted by Crippen LogP contribution is 2.18. The van der Waals surface area contributed by atoms with E-state index in [1.54, 1.807) is 42.5 Å². The first-order valence-electron chi connectivity index (χ1n) is 9.84. The van der Waals surface area contributed by atoms with Gasteiger partial charge in [-0.25, -0.2) is 0 Å². The molecule has 0 bridgehead atoms. The maximum Gasteiger partial charge on any atom is 0.273 e. The lowest BCUT2D eigenvalue weighted by atomic mass is 10.1. The fraction of sp³-hybridized carbons (Fsp3) is 0.261. The van der Waals surface area contributed by atoms with E-state index < -0.39 is 0 Å². The number of carbonyl (C=O) groups is 2. The molecule has 0 fully saturated rings. The Labute approximate surface area is 175 Å². The summed E-state index contributed by atoms with van der Waals surface area (Å²) in [5, 5.41) is 9.43. The lowest BCUT2D eigenvalue weighted by molar-refractivity contribution is 0.0941. The van der Waals surface area contributed by atoms with Gasteiger partial charge in [-0.15, -0.1) is 0 Å². The van der Waals surface area contributed by atoms with Crippen LogP contribution in [0.4, 0.5) is 5.69 Å². The molecular weight excluding hydrogens is 382 g/mol. The number of carbonyl (C=O) groups excluding carboxylic acids is 2. The van der Waals surface area contributed by atoms with E-state index in [-0.39, 0.29) is 24.1 Å². The van der Waals surface area contributed by atoms with Crippen LogP contribution >= 0.6 is 0 Å². The SMILES string of the molecule is CC(C)CCNC(=O)c1cc(COc2ccc(NC(=O)c3ccccc3)cc2)on1. The molecule has 1 heterocycles. The van der Waals surface area contributed by atoms with Crippen LogP contribution in [0.5, 0.6) is 5.75 Å². The fourth-order valence-corrected chi connectivity index (χ4v) is 2.63. The van der Waals surface area contributed by atoms with Gasteiger partial charge >= 0.3 is 0 Å². The second-order valence-corrected chi connectivity index (χ2v) is 7.25. The van der Waals surface area contributed by atoms with Gasteiger partial charge in [-0.3, -0.25) is 9.59 Å². The number of nitrogens with zero attached hydrogens (tertiary/aromatic N) is 1. The summed E-state index contributed by atoms with van der Waals surface area (Å²) in [6.07, 6.45) is 0.904. The summed E-state index contributed by atoms with van der Waals surface area (Å²) in [5.41, 5.74) is 1.49. The topological polar surface area (TPSA) is 93.5 Å². The van der Waals surface area contributed by atoms with Gasteiger partial charge in [-0.05, 0) is 48.7 Å². The lowest BCUT2D eigenvalue weighted by Gasteiger charge is -2.07. The molecule has 0 saturated heterocycles. The van der Waals surface area contributed by atoms with Gasteiger partial charge in [0.05, 0.1) is 0 Å². The summed E-state index contributed by atoms with van der Waals surface area (Å²) in [5.74, 6) is 1.14. The fourth-order valence-electron chi connectivity index (χ4n) is 2.63. The van der Waals surface area contributed by atoms with Crippen molar-refractivity contribution in [3.63, 3.8) is 0 Å². The van der Waals surface area contributed by atoms with Gasteiger partial charge < -0.3 is 19.9 Å². The van der Waals surface area contributed by atoms with Crippen LogP contribution in [0.3, 0.4) is 0 Å². The van der Waals surface area contributed by atoms with Crippen molar-refractivity contribution in [1.29, 1.82) is 0 Å². The molecule has 0 aliphatic carbocycles. The van der Waals surface area contributed by atoms with E-state index in [4.69, 9.17) is 9.26 Å². The standard InChI is InChI=1S/C23H25N3O4/c1-16(2)12-13-24-23(28)21-14-20(30-26-21)15-29-19-10-8-18(9-11-19)25-22(27)17-6-4-3-5-7-17/h3-11,14,16H,12-13,15H2,1-2H3,(H,24,28)(H,25,27). The van der Waals surface area contributed by atoms with Gasteiger partial charge in [-0.2, -0.15) is 0 Å². The minimum atomic E-state index is -0.260. The number of benzene rings is 2. The number of hydrogen-bond acceptors (Lipinski definition) is 5. The van der Waals surface area contributed by atoms with E-state index in [0.29, 0.717) is 35.2 Å². The summed E-state index contributed by atoms with van der Waals surface area (Å²) >= 11 is 0. The predicted octanol–water partition coefficient (Wildman–Crippen LogP) is 4.28. The van der Waals surface area contributed by atoms with Crippen LogP contribution in [0.15, 0.2) is 65.2 Å². The lowest BCUT2D eigenvalue weighted by Crippen LogP contribution is -2.25.